The summed E-state index contributed by atoms with van der Waals surface area (Å²) in [6, 6.07) is 0.541. The van der Waals surface area contributed by atoms with Crippen molar-refractivity contribution in [1.82, 2.24) is 10.2 Å². The smallest absolute Gasteiger partial charge is 0.194 e. The van der Waals surface area contributed by atoms with Crippen LogP contribution in [-0.4, -0.2) is 62.5 Å². The highest BCUT2D eigenvalue weighted by atomic mass is 16.5. The molecule has 5 heteroatoms. The number of aliphatic imine (C=N–C) groups is 1. The van der Waals surface area contributed by atoms with Gasteiger partial charge in [0.05, 0.1) is 12.7 Å². The lowest BCUT2D eigenvalue weighted by atomic mass is 9.51. The summed E-state index contributed by atoms with van der Waals surface area (Å²) >= 11 is 0. The van der Waals surface area contributed by atoms with Gasteiger partial charge in [0, 0.05) is 50.2 Å². The van der Waals surface area contributed by atoms with Crippen LogP contribution in [-0.2, 0) is 9.47 Å². The van der Waals surface area contributed by atoms with Crippen LogP contribution >= 0.6 is 0 Å². The molecule has 0 aromatic rings. The van der Waals surface area contributed by atoms with E-state index in [1.54, 1.807) is 0 Å². The van der Waals surface area contributed by atoms with E-state index in [1.165, 1.54) is 25.7 Å². The molecule has 0 amide bonds. The minimum atomic E-state index is 0.384. The average Bonchev–Trinajstić information content (AvgIpc) is 2.98. The van der Waals surface area contributed by atoms with Crippen LogP contribution in [0.1, 0.15) is 52.9 Å². The maximum atomic E-state index is 5.98. The monoisotopic (exact) mass is 337 g/mol. The average molecular weight is 338 g/mol. The number of likely N-dealkylation sites (tertiary alicyclic amines) is 1. The quantitative estimate of drug-likeness (QED) is 0.573. The number of ether oxygens (including phenoxy) is 2. The second kappa shape index (κ2) is 8.05. The maximum absolute atomic E-state index is 5.98. The number of nitrogens with one attached hydrogen (secondary N) is 1. The molecule has 3 rings (SSSR count). The zero-order chi connectivity index (χ0) is 17.0. The summed E-state index contributed by atoms with van der Waals surface area (Å²) in [7, 11) is 0. The topological polar surface area (TPSA) is 46.1 Å². The van der Waals surface area contributed by atoms with Gasteiger partial charge in [-0.1, -0.05) is 6.42 Å². The molecule has 24 heavy (non-hydrogen) atoms. The predicted molar refractivity (Wildman–Crippen MR) is 97.4 cm³/mol. The van der Waals surface area contributed by atoms with Gasteiger partial charge in [0.1, 0.15) is 0 Å². The molecular formula is C19H35N3O2. The Morgan fingerprint density at radius 2 is 2.08 bits per heavy atom. The summed E-state index contributed by atoms with van der Waals surface area (Å²) in [5, 5.41) is 3.81. The van der Waals surface area contributed by atoms with E-state index >= 15 is 0 Å². The Morgan fingerprint density at radius 3 is 2.71 bits per heavy atom. The van der Waals surface area contributed by atoms with Gasteiger partial charge < -0.3 is 19.7 Å². The molecule has 1 saturated heterocycles. The lowest BCUT2D eigenvalue weighted by molar-refractivity contribution is -0.168. The highest BCUT2D eigenvalue weighted by Crippen LogP contribution is 2.57. The number of rotatable bonds is 7. The largest absolute Gasteiger partial charge is 0.381 e. The zero-order valence-corrected chi connectivity index (χ0v) is 15.7. The SMILES string of the molecule is CCN=C(NC1CC(OCC)C12CCC2)N1CCC(COCC)C1. The van der Waals surface area contributed by atoms with E-state index in [4.69, 9.17) is 14.5 Å². The first kappa shape index (κ1) is 18.0. The summed E-state index contributed by atoms with van der Waals surface area (Å²) in [4.78, 5) is 7.23. The number of hydrogen-bond acceptors (Lipinski definition) is 3. The van der Waals surface area contributed by atoms with Crippen LogP contribution in [0.3, 0.4) is 0 Å². The van der Waals surface area contributed by atoms with Crippen LogP contribution in [0.2, 0.25) is 0 Å². The van der Waals surface area contributed by atoms with Gasteiger partial charge in [-0.25, -0.2) is 0 Å². The molecule has 1 N–H and O–H groups in total. The Morgan fingerprint density at radius 1 is 1.25 bits per heavy atom. The lowest BCUT2D eigenvalue weighted by Crippen LogP contribution is -2.68. The van der Waals surface area contributed by atoms with Crippen molar-refractivity contribution in [2.75, 3.05) is 39.5 Å². The molecule has 138 valence electrons. The van der Waals surface area contributed by atoms with Crippen molar-refractivity contribution in [2.24, 2.45) is 16.3 Å². The Balaban J connectivity index is 1.57. The Bertz CT molecular complexity index is 436. The second-order valence-electron chi connectivity index (χ2n) is 7.52. The second-order valence-corrected chi connectivity index (χ2v) is 7.52. The van der Waals surface area contributed by atoms with Crippen molar-refractivity contribution in [3.8, 4) is 0 Å². The van der Waals surface area contributed by atoms with Gasteiger partial charge in [-0.05, 0) is 46.5 Å². The predicted octanol–water partition coefficient (Wildman–Crippen LogP) is 2.66. The van der Waals surface area contributed by atoms with Crippen LogP contribution in [0, 0.1) is 11.3 Å². The highest BCUT2D eigenvalue weighted by molar-refractivity contribution is 5.81. The Labute approximate surface area is 147 Å². The molecule has 5 nitrogen and oxygen atoms in total. The van der Waals surface area contributed by atoms with Gasteiger partial charge in [-0.3, -0.25) is 4.99 Å². The molecule has 1 heterocycles. The molecule has 3 fully saturated rings. The van der Waals surface area contributed by atoms with Crippen molar-refractivity contribution >= 4 is 5.96 Å². The number of guanidine groups is 1. The van der Waals surface area contributed by atoms with E-state index in [9.17, 15) is 0 Å². The summed E-state index contributed by atoms with van der Waals surface area (Å²) in [5.41, 5.74) is 0.384. The van der Waals surface area contributed by atoms with E-state index < -0.39 is 0 Å². The molecule has 0 aromatic heterocycles. The summed E-state index contributed by atoms with van der Waals surface area (Å²) in [6.45, 7) is 11.8. The fourth-order valence-electron chi connectivity index (χ4n) is 4.63. The van der Waals surface area contributed by atoms with Gasteiger partial charge >= 0.3 is 0 Å². The fraction of sp³-hybridized carbons (Fsp3) is 0.947. The van der Waals surface area contributed by atoms with Crippen LogP contribution < -0.4 is 5.32 Å². The first-order valence-corrected chi connectivity index (χ1v) is 9.98. The normalized spacial score (nSPS) is 31.9. The number of hydrogen-bond donors (Lipinski definition) is 1. The molecule has 3 aliphatic rings. The zero-order valence-electron chi connectivity index (χ0n) is 15.7. The highest BCUT2D eigenvalue weighted by Gasteiger charge is 2.59. The van der Waals surface area contributed by atoms with Crippen molar-refractivity contribution in [1.29, 1.82) is 0 Å². The van der Waals surface area contributed by atoms with Crippen LogP contribution in [0.25, 0.3) is 0 Å². The van der Waals surface area contributed by atoms with Crippen molar-refractivity contribution in [3.63, 3.8) is 0 Å². The van der Waals surface area contributed by atoms with Crippen LogP contribution in [0.4, 0.5) is 0 Å². The molecule has 3 atom stereocenters. The molecule has 0 bridgehead atoms. The molecule has 1 spiro atoms. The molecule has 0 aromatic carbocycles. The Kier molecular flexibility index (Phi) is 6.03. The molecule has 0 radical (unpaired) electrons. The van der Waals surface area contributed by atoms with Crippen LogP contribution in [0.15, 0.2) is 4.99 Å². The summed E-state index contributed by atoms with van der Waals surface area (Å²) in [5.74, 6) is 1.76. The third kappa shape index (κ3) is 3.43. The molecule has 3 unspecified atom stereocenters. The van der Waals surface area contributed by atoms with Gasteiger partial charge in [0.25, 0.3) is 0 Å². The van der Waals surface area contributed by atoms with Gasteiger partial charge in [0.2, 0.25) is 0 Å². The third-order valence-electron chi connectivity index (χ3n) is 6.19. The first-order valence-electron chi connectivity index (χ1n) is 9.98. The first-order chi connectivity index (χ1) is 11.7. The molecule has 2 aliphatic carbocycles. The molecule has 2 saturated carbocycles. The van der Waals surface area contributed by atoms with Gasteiger partial charge in [0.15, 0.2) is 5.96 Å². The molecular weight excluding hydrogens is 302 g/mol. The van der Waals surface area contributed by atoms with Crippen molar-refractivity contribution < 1.29 is 9.47 Å². The van der Waals surface area contributed by atoms with E-state index in [1.807, 2.05) is 0 Å². The summed E-state index contributed by atoms with van der Waals surface area (Å²) in [6.07, 6.45) is 6.76. The fourth-order valence-corrected chi connectivity index (χ4v) is 4.63. The minimum absolute atomic E-state index is 0.384. The summed E-state index contributed by atoms with van der Waals surface area (Å²) < 4.78 is 11.6. The van der Waals surface area contributed by atoms with Gasteiger partial charge in [-0.15, -0.1) is 0 Å². The maximum Gasteiger partial charge on any atom is 0.194 e. The van der Waals surface area contributed by atoms with E-state index in [0.29, 0.717) is 23.5 Å². The van der Waals surface area contributed by atoms with E-state index in [2.05, 4.69) is 31.0 Å². The molecule has 1 aliphatic heterocycles. The number of nitrogens with zero attached hydrogens (tertiary/aromatic N) is 2. The van der Waals surface area contributed by atoms with Crippen molar-refractivity contribution in [3.05, 3.63) is 0 Å². The van der Waals surface area contributed by atoms with E-state index in [0.717, 1.165) is 51.8 Å². The lowest BCUT2D eigenvalue weighted by Gasteiger charge is -2.61. The van der Waals surface area contributed by atoms with Crippen molar-refractivity contribution in [2.45, 2.75) is 65.0 Å². The van der Waals surface area contributed by atoms with Crippen LogP contribution in [0.5, 0.6) is 0 Å². The minimum Gasteiger partial charge on any atom is -0.381 e. The van der Waals surface area contributed by atoms with Gasteiger partial charge in [-0.2, -0.15) is 0 Å². The van der Waals surface area contributed by atoms with E-state index in [-0.39, 0.29) is 0 Å². The standard InChI is InChI=1S/C19H35N3O2/c1-4-20-18(22-11-8-15(13-22)14-23-5-2)21-16-12-17(24-6-3)19(16)9-7-10-19/h15-17H,4-14H2,1-3H3,(H,20,21). The third-order valence-corrected chi connectivity index (χ3v) is 6.19. The Hall–Kier alpha value is -0.810.